The molecule has 4 rings (SSSR count). The molecule has 2 N–H and O–H groups in total. The zero-order chi connectivity index (χ0) is 24.3. The maximum absolute atomic E-state index is 12.2. The van der Waals surface area contributed by atoms with E-state index in [2.05, 4.69) is 42.7 Å². The number of aromatic nitrogens is 4. The van der Waals surface area contributed by atoms with Gasteiger partial charge in [0.2, 0.25) is 11.9 Å². The van der Waals surface area contributed by atoms with Crippen molar-refractivity contribution in [3.05, 3.63) is 34.6 Å². The van der Waals surface area contributed by atoms with Gasteiger partial charge in [0.25, 0.3) is 0 Å². The first-order valence-electron chi connectivity index (χ1n) is 10.9. The molecule has 3 aromatic rings. The maximum Gasteiger partial charge on any atom is 0.225 e. The van der Waals surface area contributed by atoms with Crippen molar-refractivity contribution in [2.45, 2.75) is 32.2 Å². The van der Waals surface area contributed by atoms with Crippen molar-refractivity contribution in [2.24, 2.45) is 5.41 Å². The highest BCUT2D eigenvalue weighted by Crippen LogP contribution is 2.39. The van der Waals surface area contributed by atoms with Crippen molar-refractivity contribution < 1.29 is 14.3 Å². The number of amides is 1. The molecule has 178 valence electrons. The highest BCUT2D eigenvalue weighted by Gasteiger charge is 2.40. The lowest BCUT2D eigenvalue weighted by Gasteiger charge is -2.22. The number of hydrogen-bond acceptors (Lipinski definition) is 8. The number of nitriles is 1. The molecule has 0 radical (unpaired) electrons. The van der Waals surface area contributed by atoms with E-state index in [1.54, 1.807) is 43.2 Å². The first kappa shape index (κ1) is 23.9. The van der Waals surface area contributed by atoms with Gasteiger partial charge in [-0.2, -0.15) is 15.3 Å². The number of ether oxygens (including phenoxy) is 2. The summed E-state index contributed by atoms with van der Waals surface area (Å²) in [7, 11) is 3.26. The summed E-state index contributed by atoms with van der Waals surface area (Å²) in [5.41, 5.74) is 1.32. The van der Waals surface area contributed by atoms with Crippen LogP contribution in [-0.4, -0.2) is 59.1 Å². The summed E-state index contributed by atoms with van der Waals surface area (Å²) in [6.07, 6.45) is 4.07. The van der Waals surface area contributed by atoms with Gasteiger partial charge in [0.05, 0.1) is 23.2 Å². The molecule has 0 spiro atoms. The average Bonchev–Trinajstić information content (AvgIpc) is 3.38. The Kier molecular flexibility index (Phi) is 7.00. The molecule has 1 aromatic carbocycles. The number of hydrogen-bond donors (Lipinski definition) is 2. The van der Waals surface area contributed by atoms with Crippen molar-refractivity contribution in [3.63, 3.8) is 0 Å². The monoisotopic (exact) mass is 527 g/mol. The van der Waals surface area contributed by atoms with Gasteiger partial charge in [-0.25, -0.2) is 9.67 Å². The largest absolute Gasteiger partial charge is 0.490 e. The van der Waals surface area contributed by atoms with Gasteiger partial charge in [-0.05, 0) is 47.3 Å². The Balaban J connectivity index is 1.63. The number of fused-ring (bicyclic) bond motifs is 1. The molecule has 1 amide bonds. The van der Waals surface area contributed by atoms with E-state index < -0.39 is 5.41 Å². The van der Waals surface area contributed by atoms with Crippen molar-refractivity contribution >= 4 is 38.8 Å². The molecule has 11 heteroatoms. The Morgan fingerprint density at radius 2 is 2.24 bits per heavy atom. The van der Waals surface area contributed by atoms with E-state index >= 15 is 0 Å². The highest BCUT2D eigenvalue weighted by atomic mass is 79.9. The lowest BCUT2D eigenvalue weighted by atomic mass is 9.87. The van der Waals surface area contributed by atoms with Crippen LogP contribution in [0.15, 0.2) is 29.0 Å². The van der Waals surface area contributed by atoms with Crippen LogP contribution in [0.4, 0.5) is 5.95 Å². The fraction of sp³-hybridized carbons (Fsp3) is 0.435. The first-order chi connectivity index (χ1) is 16.4. The third-order valence-corrected chi connectivity index (χ3v) is 6.69. The number of carbonyl (C=O) groups excluding carboxylic acids is 1. The van der Waals surface area contributed by atoms with Gasteiger partial charge in [0.15, 0.2) is 5.65 Å². The maximum atomic E-state index is 12.2. The van der Waals surface area contributed by atoms with Gasteiger partial charge in [-0.15, -0.1) is 0 Å². The topological polar surface area (TPSA) is 127 Å². The molecule has 0 unspecified atom stereocenters. The summed E-state index contributed by atoms with van der Waals surface area (Å²) >= 11 is 3.49. The van der Waals surface area contributed by atoms with Crippen LogP contribution < -0.4 is 15.4 Å². The van der Waals surface area contributed by atoms with Gasteiger partial charge in [0.1, 0.15) is 23.0 Å². The average molecular weight is 528 g/mol. The number of rotatable bonds is 8. The molecule has 1 aliphatic carbocycles. The number of carbonyl (C=O) groups is 1. The van der Waals surface area contributed by atoms with E-state index in [9.17, 15) is 10.1 Å². The normalized spacial score (nSPS) is 19.7. The summed E-state index contributed by atoms with van der Waals surface area (Å²) in [5, 5.41) is 20.9. The van der Waals surface area contributed by atoms with Crippen LogP contribution in [-0.2, 0) is 9.53 Å². The van der Waals surface area contributed by atoms with Crippen LogP contribution >= 0.6 is 15.9 Å². The molecule has 1 aliphatic rings. The lowest BCUT2D eigenvalue weighted by Crippen LogP contribution is -2.35. The second-order valence-corrected chi connectivity index (χ2v) is 9.24. The molecule has 2 aromatic heterocycles. The molecule has 0 aliphatic heterocycles. The Labute approximate surface area is 205 Å². The van der Waals surface area contributed by atoms with E-state index in [4.69, 9.17) is 14.5 Å². The number of benzene rings is 1. The van der Waals surface area contributed by atoms with Gasteiger partial charge >= 0.3 is 0 Å². The minimum atomic E-state index is -0.400. The van der Waals surface area contributed by atoms with Gasteiger partial charge in [-0.1, -0.05) is 6.92 Å². The molecule has 0 saturated heterocycles. The minimum Gasteiger partial charge on any atom is -0.490 e. The second-order valence-electron chi connectivity index (χ2n) is 8.49. The van der Waals surface area contributed by atoms with Crippen molar-refractivity contribution in [2.75, 3.05) is 32.7 Å². The van der Waals surface area contributed by atoms with Crippen LogP contribution in [0.5, 0.6) is 5.75 Å². The fourth-order valence-electron chi connectivity index (χ4n) is 4.26. The van der Waals surface area contributed by atoms with Crippen molar-refractivity contribution in [3.8, 4) is 17.5 Å². The second kappa shape index (κ2) is 9.95. The lowest BCUT2D eigenvalue weighted by molar-refractivity contribution is -0.129. The van der Waals surface area contributed by atoms with E-state index in [0.29, 0.717) is 52.8 Å². The molecular weight excluding hydrogens is 502 g/mol. The first-order valence-corrected chi connectivity index (χ1v) is 11.7. The van der Waals surface area contributed by atoms with Crippen LogP contribution in [0.3, 0.4) is 0 Å². The molecule has 2 heterocycles. The zero-order valence-corrected chi connectivity index (χ0v) is 20.8. The summed E-state index contributed by atoms with van der Waals surface area (Å²) in [4.78, 5) is 21.4. The Morgan fingerprint density at radius 1 is 1.41 bits per heavy atom. The third kappa shape index (κ3) is 4.69. The predicted molar refractivity (Wildman–Crippen MR) is 130 cm³/mol. The fourth-order valence-corrected chi connectivity index (χ4v) is 4.70. The van der Waals surface area contributed by atoms with Crippen LogP contribution in [0.2, 0.25) is 0 Å². The molecule has 0 bridgehead atoms. The molecule has 1 saturated carbocycles. The Morgan fingerprint density at radius 3 is 2.97 bits per heavy atom. The van der Waals surface area contributed by atoms with E-state index in [0.717, 1.165) is 18.2 Å². The predicted octanol–water partition coefficient (Wildman–Crippen LogP) is 3.19. The molecule has 34 heavy (non-hydrogen) atoms. The smallest absolute Gasteiger partial charge is 0.225 e. The van der Waals surface area contributed by atoms with Crippen LogP contribution in [0.1, 0.15) is 31.7 Å². The van der Waals surface area contributed by atoms with E-state index in [-0.39, 0.29) is 11.9 Å². The van der Waals surface area contributed by atoms with Crippen molar-refractivity contribution in [1.29, 1.82) is 5.26 Å². The Bertz CT molecular complexity index is 1260. The van der Waals surface area contributed by atoms with Crippen molar-refractivity contribution in [1.82, 2.24) is 25.1 Å². The van der Waals surface area contributed by atoms with E-state index in [1.807, 2.05) is 6.92 Å². The van der Waals surface area contributed by atoms with Gasteiger partial charge < -0.3 is 20.1 Å². The Hall–Kier alpha value is -3.23. The molecule has 2 atom stereocenters. The molecule has 1 fully saturated rings. The summed E-state index contributed by atoms with van der Waals surface area (Å²) in [6, 6.07) is 7.48. The molecule has 10 nitrogen and oxygen atoms in total. The minimum absolute atomic E-state index is 0.0551. The number of halogens is 1. The van der Waals surface area contributed by atoms with E-state index in [1.165, 1.54) is 0 Å². The summed E-state index contributed by atoms with van der Waals surface area (Å²) < 4.78 is 13.1. The quantitative estimate of drug-likeness (QED) is 0.427. The van der Waals surface area contributed by atoms with Gasteiger partial charge in [-0.3, -0.25) is 4.79 Å². The number of anilines is 1. The number of nitrogens with zero attached hydrogens (tertiary/aromatic N) is 5. The summed E-state index contributed by atoms with van der Waals surface area (Å²) in [6.45, 7) is 2.72. The molecular formula is C23H26BrN7O3. The third-order valence-electron chi connectivity index (χ3n) is 6.10. The SMILES string of the molecule is CNC(=O)[C@]1(C)CC[C@@H](Nc2ncc3c(Br)nn(-c4ccc(C#N)c(OCCOC)c4)c3n2)C1. The number of nitrogens with one attached hydrogen (secondary N) is 2. The standard InChI is InChI=1S/C23H26BrN7O3/c1-23(21(32)26-2)7-6-15(11-23)28-22-27-13-17-19(24)30-31(20(17)29-22)16-5-4-14(12-25)18(10-16)34-9-8-33-3/h4-5,10,13,15H,6-9,11H2,1-3H3,(H,26,32)(H,27,28,29)/t15-,23-/m1/s1. The summed E-state index contributed by atoms with van der Waals surface area (Å²) in [5.74, 6) is 0.973. The van der Waals surface area contributed by atoms with Gasteiger partial charge in [0, 0.05) is 37.9 Å². The van der Waals surface area contributed by atoms with Crippen LogP contribution in [0, 0.1) is 16.7 Å². The van der Waals surface area contributed by atoms with Crippen LogP contribution in [0.25, 0.3) is 16.7 Å². The zero-order valence-electron chi connectivity index (χ0n) is 19.3. The highest BCUT2D eigenvalue weighted by molar-refractivity contribution is 9.10. The number of methoxy groups -OCH3 is 1.